The Morgan fingerprint density at radius 3 is 1.30 bits per heavy atom. The average Bonchev–Trinajstić information content (AvgIpc) is 2.72. The van der Waals surface area contributed by atoms with Crippen LogP contribution in [0.3, 0.4) is 0 Å². The minimum absolute atomic E-state index is 0. The Balaban J connectivity index is 0.00000272. The van der Waals surface area contributed by atoms with E-state index in [4.69, 9.17) is 11.5 Å². The number of rotatable bonds is 6. The number of aliphatic imine (C=N–C) groups is 2. The first-order chi connectivity index (χ1) is 14.7. The fraction of sp³-hybridized carbons (Fsp3) is 0.280. The van der Waals surface area contributed by atoms with E-state index in [0.717, 1.165) is 33.6 Å². The number of hydrogen-bond acceptors (Lipinski definition) is 4. The molecule has 0 bridgehead atoms. The lowest BCUT2D eigenvalue weighted by atomic mass is 10.0. The van der Waals surface area contributed by atoms with E-state index in [2.05, 4.69) is 20.0 Å². The standard InChI is InChI=1S/C25H30N6.2ClH/c1-15(2)28-24(26)20-10-6-18(7-11-20)22-14-23(31-17(5)30-22)19-8-12-21(13-9-19)25(27)29-16(3)4;;/h6-16H,1-5H3,(H2,26,28)(H2,27,29);2*1H. The van der Waals surface area contributed by atoms with Crippen molar-refractivity contribution in [2.75, 3.05) is 0 Å². The summed E-state index contributed by atoms with van der Waals surface area (Å²) < 4.78 is 0. The van der Waals surface area contributed by atoms with Gasteiger partial charge in [-0.05, 0) is 40.7 Å². The molecule has 0 atom stereocenters. The van der Waals surface area contributed by atoms with Crippen molar-refractivity contribution in [2.24, 2.45) is 21.5 Å². The third kappa shape index (κ3) is 7.55. The molecule has 0 saturated heterocycles. The predicted molar refractivity (Wildman–Crippen MR) is 144 cm³/mol. The molecule has 0 aliphatic heterocycles. The van der Waals surface area contributed by atoms with Crippen molar-refractivity contribution in [3.05, 3.63) is 71.5 Å². The molecule has 33 heavy (non-hydrogen) atoms. The maximum atomic E-state index is 6.08. The van der Waals surface area contributed by atoms with E-state index in [9.17, 15) is 0 Å². The monoisotopic (exact) mass is 486 g/mol. The largest absolute Gasteiger partial charge is 0.383 e. The summed E-state index contributed by atoms with van der Waals surface area (Å²) in [5, 5.41) is 0. The van der Waals surface area contributed by atoms with Crippen molar-refractivity contribution < 1.29 is 0 Å². The minimum atomic E-state index is 0. The molecule has 1 heterocycles. The van der Waals surface area contributed by atoms with Crippen LogP contribution in [0, 0.1) is 6.92 Å². The van der Waals surface area contributed by atoms with Crippen molar-refractivity contribution in [3.63, 3.8) is 0 Å². The number of nitrogens with two attached hydrogens (primary N) is 2. The summed E-state index contributed by atoms with van der Waals surface area (Å²) in [6.45, 7) is 9.92. The lowest BCUT2D eigenvalue weighted by molar-refractivity contribution is 0.834. The molecular formula is C25H32Cl2N6. The van der Waals surface area contributed by atoms with E-state index < -0.39 is 0 Å². The Bertz CT molecular complexity index is 1020. The molecule has 0 spiro atoms. The maximum Gasteiger partial charge on any atom is 0.126 e. The van der Waals surface area contributed by atoms with Crippen molar-refractivity contribution >= 4 is 36.5 Å². The van der Waals surface area contributed by atoms with Crippen LogP contribution < -0.4 is 11.5 Å². The predicted octanol–water partition coefficient (Wildman–Crippen LogP) is 5.19. The number of halogens is 2. The molecule has 0 saturated carbocycles. The van der Waals surface area contributed by atoms with Crippen LogP contribution in [0.25, 0.3) is 22.5 Å². The Labute approximate surface area is 208 Å². The van der Waals surface area contributed by atoms with Gasteiger partial charge in [0.15, 0.2) is 0 Å². The minimum Gasteiger partial charge on any atom is -0.383 e. The van der Waals surface area contributed by atoms with Crippen LogP contribution in [0.5, 0.6) is 0 Å². The van der Waals surface area contributed by atoms with Crippen LogP contribution in [0.2, 0.25) is 0 Å². The third-order valence-corrected chi connectivity index (χ3v) is 4.59. The van der Waals surface area contributed by atoms with Gasteiger partial charge < -0.3 is 11.5 Å². The normalized spacial score (nSPS) is 11.8. The molecule has 6 nitrogen and oxygen atoms in total. The smallest absolute Gasteiger partial charge is 0.126 e. The number of nitrogens with zero attached hydrogens (tertiary/aromatic N) is 4. The fourth-order valence-electron chi connectivity index (χ4n) is 3.19. The first kappa shape index (κ1) is 28.1. The van der Waals surface area contributed by atoms with E-state index in [1.54, 1.807) is 0 Å². The summed E-state index contributed by atoms with van der Waals surface area (Å²) in [7, 11) is 0. The van der Waals surface area contributed by atoms with Crippen molar-refractivity contribution in [2.45, 2.75) is 46.7 Å². The molecule has 3 rings (SSSR count). The lowest BCUT2D eigenvalue weighted by Crippen LogP contribution is -2.15. The molecule has 176 valence electrons. The highest BCUT2D eigenvalue weighted by Crippen LogP contribution is 2.24. The average molecular weight is 487 g/mol. The van der Waals surface area contributed by atoms with Crippen LogP contribution in [-0.4, -0.2) is 33.7 Å². The van der Waals surface area contributed by atoms with Crippen LogP contribution in [0.4, 0.5) is 0 Å². The Kier molecular flexibility index (Phi) is 10.5. The van der Waals surface area contributed by atoms with Crippen LogP contribution >= 0.6 is 24.8 Å². The summed E-state index contributed by atoms with van der Waals surface area (Å²) in [5.41, 5.74) is 17.7. The summed E-state index contributed by atoms with van der Waals surface area (Å²) in [6, 6.07) is 18.2. The first-order valence-electron chi connectivity index (χ1n) is 10.5. The fourth-order valence-corrected chi connectivity index (χ4v) is 3.19. The number of aromatic nitrogens is 2. The Morgan fingerprint density at radius 1 is 0.667 bits per heavy atom. The molecule has 8 heteroatoms. The first-order valence-corrected chi connectivity index (χ1v) is 10.5. The second kappa shape index (κ2) is 12.3. The summed E-state index contributed by atoms with van der Waals surface area (Å²) in [6.07, 6.45) is 0. The third-order valence-electron chi connectivity index (χ3n) is 4.59. The van der Waals surface area contributed by atoms with Gasteiger partial charge in [0.1, 0.15) is 17.5 Å². The molecule has 0 aliphatic carbocycles. The van der Waals surface area contributed by atoms with Gasteiger partial charge in [-0.3, -0.25) is 9.98 Å². The zero-order valence-corrected chi connectivity index (χ0v) is 21.2. The number of aryl methyl sites for hydroxylation is 1. The molecule has 2 aromatic carbocycles. The second-order valence-electron chi connectivity index (χ2n) is 8.06. The topological polar surface area (TPSA) is 103 Å². The van der Waals surface area contributed by atoms with E-state index in [0.29, 0.717) is 17.5 Å². The van der Waals surface area contributed by atoms with Gasteiger partial charge in [0.25, 0.3) is 0 Å². The molecule has 0 radical (unpaired) electrons. The molecule has 0 amide bonds. The van der Waals surface area contributed by atoms with Gasteiger partial charge >= 0.3 is 0 Å². The Hall–Kier alpha value is -2.96. The van der Waals surface area contributed by atoms with Gasteiger partial charge in [-0.25, -0.2) is 9.97 Å². The highest BCUT2D eigenvalue weighted by Gasteiger charge is 2.09. The summed E-state index contributed by atoms with van der Waals surface area (Å²) in [5.74, 6) is 1.80. The van der Waals surface area contributed by atoms with E-state index >= 15 is 0 Å². The van der Waals surface area contributed by atoms with Crippen LogP contribution in [0.1, 0.15) is 44.6 Å². The van der Waals surface area contributed by atoms with Crippen LogP contribution in [-0.2, 0) is 0 Å². The second-order valence-corrected chi connectivity index (χ2v) is 8.06. The number of benzene rings is 2. The SMILES string of the molecule is Cc1nc(-c2ccc(C(N)=NC(C)C)cc2)cc(-c2ccc(C(N)=NC(C)C)cc2)n1.Cl.Cl. The highest BCUT2D eigenvalue weighted by molar-refractivity contribution is 5.98. The lowest BCUT2D eigenvalue weighted by Gasteiger charge is -2.09. The van der Waals surface area contributed by atoms with Gasteiger partial charge in [-0.15, -0.1) is 24.8 Å². The number of hydrogen-bond donors (Lipinski definition) is 2. The van der Waals surface area contributed by atoms with Gasteiger partial charge in [-0.2, -0.15) is 0 Å². The van der Waals surface area contributed by atoms with Crippen molar-refractivity contribution in [3.8, 4) is 22.5 Å². The molecule has 1 aromatic heterocycles. The summed E-state index contributed by atoms with van der Waals surface area (Å²) in [4.78, 5) is 18.0. The molecule has 0 fully saturated rings. The Morgan fingerprint density at radius 2 is 1.00 bits per heavy atom. The quantitative estimate of drug-likeness (QED) is 0.369. The molecular weight excluding hydrogens is 455 g/mol. The zero-order valence-electron chi connectivity index (χ0n) is 19.6. The van der Waals surface area contributed by atoms with Crippen LogP contribution in [0.15, 0.2) is 64.6 Å². The number of amidine groups is 2. The molecule has 3 aromatic rings. The van der Waals surface area contributed by atoms with E-state index in [1.165, 1.54) is 0 Å². The van der Waals surface area contributed by atoms with Crippen molar-refractivity contribution in [1.29, 1.82) is 0 Å². The molecule has 4 N–H and O–H groups in total. The van der Waals surface area contributed by atoms with Gasteiger partial charge in [-0.1, -0.05) is 48.5 Å². The molecule has 0 unspecified atom stereocenters. The van der Waals surface area contributed by atoms with Gasteiger partial charge in [0, 0.05) is 34.3 Å². The van der Waals surface area contributed by atoms with Gasteiger partial charge in [0.2, 0.25) is 0 Å². The molecule has 0 aliphatic rings. The zero-order chi connectivity index (χ0) is 22.5. The van der Waals surface area contributed by atoms with Gasteiger partial charge in [0.05, 0.1) is 11.4 Å². The van der Waals surface area contributed by atoms with E-state index in [-0.39, 0.29) is 36.9 Å². The maximum absolute atomic E-state index is 6.08. The summed E-state index contributed by atoms with van der Waals surface area (Å²) >= 11 is 0. The van der Waals surface area contributed by atoms with Crippen molar-refractivity contribution in [1.82, 2.24) is 9.97 Å². The highest BCUT2D eigenvalue weighted by atomic mass is 35.5. The van der Waals surface area contributed by atoms with E-state index in [1.807, 2.05) is 89.2 Å².